The molecule has 2 N–H and O–H groups in total. The van der Waals surface area contributed by atoms with Gasteiger partial charge >= 0.3 is 0 Å². The van der Waals surface area contributed by atoms with E-state index >= 15 is 0 Å². The van der Waals surface area contributed by atoms with E-state index in [1.165, 1.54) is 6.42 Å². The van der Waals surface area contributed by atoms with E-state index in [0.717, 1.165) is 57.3 Å². The fourth-order valence-corrected chi connectivity index (χ4v) is 3.74. The highest BCUT2D eigenvalue weighted by atomic mass is 16.5. The summed E-state index contributed by atoms with van der Waals surface area (Å²) < 4.78 is 5.33. The molecule has 1 heterocycles. The molecule has 3 rings (SSSR count). The minimum Gasteiger partial charge on any atom is -0.382 e. The monoisotopic (exact) mass is 387 g/mol. The molecule has 0 radical (unpaired) electrons. The molecule has 6 nitrogen and oxygen atoms in total. The predicted molar refractivity (Wildman–Crippen MR) is 112 cm³/mol. The Balaban J connectivity index is 1.70. The lowest BCUT2D eigenvalue weighted by molar-refractivity contribution is -0.122. The molecule has 1 aromatic carbocycles. The van der Waals surface area contributed by atoms with Gasteiger partial charge in [0.25, 0.3) is 5.91 Å². The maximum Gasteiger partial charge on any atom is 0.253 e. The Morgan fingerprint density at radius 3 is 2.61 bits per heavy atom. The van der Waals surface area contributed by atoms with E-state index in [1.54, 1.807) is 0 Å². The van der Waals surface area contributed by atoms with Crippen LogP contribution in [0.3, 0.4) is 0 Å². The average molecular weight is 388 g/mol. The van der Waals surface area contributed by atoms with Crippen LogP contribution in [-0.4, -0.2) is 44.7 Å². The number of carbonyl (C=O) groups excluding carboxylic acids is 2. The molecule has 1 saturated carbocycles. The number of nitrogens with zero attached hydrogens (tertiary/aromatic N) is 1. The van der Waals surface area contributed by atoms with Crippen LogP contribution in [0.5, 0.6) is 0 Å². The molecule has 1 aliphatic carbocycles. The van der Waals surface area contributed by atoms with Crippen molar-refractivity contribution in [2.24, 2.45) is 5.92 Å². The number of nitrogens with one attached hydrogen (secondary N) is 2. The summed E-state index contributed by atoms with van der Waals surface area (Å²) >= 11 is 0. The van der Waals surface area contributed by atoms with Gasteiger partial charge in [-0.25, -0.2) is 0 Å². The van der Waals surface area contributed by atoms with Crippen LogP contribution >= 0.6 is 0 Å². The molecule has 0 unspecified atom stereocenters. The van der Waals surface area contributed by atoms with Crippen LogP contribution in [0.25, 0.3) is 0 Å². The Hall–Kier alpha value is -2.08. The van der Waals surface area contributed by atoms with Gasteiger partial charge in [-0.3, -0.25) is 9.59 Å². The molecule has 1 aromatic rings. The summed E-state index contributed by atoms with van der Waals surface area (Å²) in [5.41, 5.74) is 2.31. The second-order valence-corrected chi connectivity index (χ2v) is 7.70. The fourth-order valence-electron chi connectivity index (χ4n) is 3.74. The number of carbonyl (C=O) groups is 2. The minimum absolute atomic E-state index is 0.0695. The summed E-state index contributed by atoms with van der Waals surface area (Å²) in [6, 6.07) is 5.74. The third-order valence-corrected chi connectivity index (χ3v) is 5.64. The van der Waals surface area contributed by atoms with E-state index in [0.29, 0.717) is 31.0 Å². The predicted octanol–water partition coefficient (Wildman–Crippen LogP) is 3.57. The van der Waals surface area contributed by atoms with Crippen molar-refractivity contribution in [3.63, 3.8) is 0 Å². The van der Waals surface area contributed by atoms with Gasteiger partial charge < -0.3 is 20.3 Å². The Morgan fingerprint density at radius 2 is 1.93 bits per heavy atom. The number of benzene rings is 1. The normalized spacial score (nSPS) is 17.1. The summed E-state index contributed by atoms with van der Waals surface area (Å²) in [4.78, 5) is 27.5. The highest BCUT2D eigenvalue weighted by Gasteiger charge is 2.26. The molecule has 6 heteroatoms. The van der Waals surface area contributed by atoms with Crippen molar-refractivity contribution in [3.8, 4) is 0 Å². The van der Waals surface area contributed by atoms with E-state index in [4.69, 9.17) is 4.74 Å². The highest BCUT2D eigenvalue weighted by molar-refractivity contribution is 6.02. The van der Waals surface area contributed by atoms with Crippen molar-refractivity contribution in [2.75, 3.05) is 43.1 Å². The summed E-state index contributed by atoms with van der Waals surface area (Å²) in [6.07, 6.45) is 7.38. The number of anilines is 2. The molecule has 0 spiro atoms. The van der Waals surface area contributed by atoms with Crippen molar-refractivity contribution in [2.45, 2.75) is 51.9 Å². The first kappa shape index (κ1) is 20.6. The van der Waals surface area contributed by atoms with E-state index in [1.807, 2.05) is 25.1 Å². The second kappa shape index (κ2) is 10.5. The van der Waals surface area contributed by atoms with Gasteiger partial charge in [0.1, 0.15) is 0 Å². The van der Waals surface area contributed by atoms with Crippen LogP contribution < -0.4 is 15.5 Å². The zero-order valence-electron chi connectivity index (χ0n) is 17.0. The first-order chi connectivity index (χ1) is 13.7. The lowest BCUT2D eigenvalue weighted by atomic mass is 9.85. The zero-order chi connectivity index (χ0) is 19.8. The molecule has 1 aliphatic heterocycles. The maximum absolute atomic E-state index is 12.9. The van der Waals surface area contributed by atoms with Crippen molar-refractivity contribution in [1.29, 1.82) is 0 Å². The van der Waals surface area contributed by atoms with Gasteiger partial charge in [-0.15, -0.1) is 0 Å². The Kier molecular flexibility index (Phi) is 7.71. The molecule has 0 aromatic heterocycles. The lowest BCUT2D eigenvalue weighted by Crippen LogP contribution is -2.33. The van der Waals surface area contributed by atoms with E-state index < -0.39 is 0 Å². The molecule has 1 saturated heterocycles. The Labute approximate surface area is 168 Å². The van der Waals surface area contributed by atoms with Crippen LogP contribution in [0.15, 0.2) is 18.2 Å². The molecule has 0 atom stereocenters. The molecule has 2 amide bonds. The zero-order valence-corrected chi connectivity index (χ0v) is 17.0. The second-order valence-electron chi connectivity index (χ2n) is 7.70. The molecular formula is C22H33N3O3. The van der Waals surface area contributed by atoms with Crippen molar-refractivity contribution in [1.82, 2.24) is 5.32 Å². The van der Waals surface area contributed by atoms with Crippen molar-refractivity contribution >= 4 is 23.2 Å². The SMILES string of the molecule is CCOCCCNC(=O)c1cc(NC(=O)C2CCC2)ccc1N1CCCCC1. The topological polar surface area (TPSA) is 70.7 Å². The van der Waals surface area contributed by atoms with Crippen LogP contribution in [0, 0.1) is 5.92 Å². The average Bonchev–Trinajstić information content (AvgIpc) is 2.67. The third-order valence-electron chi connectivity index (χ3n) is 5.64. The Morgan fingerprint density at radius 1 is 1.14 bits per heavy atom. The quantitative estimate of drug-likeness (QED) is 0.636. The smallest absolute Gasteiger partial charge is 0.253 e. The number of piperidine rings is 1. The summed E-state index contributed by atoms with van der Waals surface area (Å²) in [5.74, 6) is 0.106. The fraction of sp³-hybridized carbons (Fsp3) is 0.636. The Bertz CT molecular complexity index is 667. The molecule has 2 aliphatic rings. The first-order valence-electron chi connectivity index (χ1n) is 10.7. The van der Waals surface area contributed by atoms with Crippen LogP contribution in [-0.2, 0) is 9.53 Å². The van der Waals surface area contributed by atoms with Crippen molar-refractivity contribution < 1.29 is 14.3 Å². The molecule has 28 heavy (non-hydrogen) atoms. The number of amides is 2. The van der Waals surface area contributed by atoms with E-state index in [9.17, 15) is 9.59 Å². The van der Waals surface area contributed by atoms with Gasteiger partial charge in [-0.05, 0) is 63.6 Å². The number of ether oxygens (including phenoxy) is 1. The van der Waals surface area contributed by atoms with E-state index in [2.05, 4.69) is 15.5 Å². The van der Waals surface area contributed by atoms with Gasteiger partial charge in [0.2, 0.25) is 5.91 Å². The number of rotatable bonds is 9. The van der Waals surface area contributed by atoms with Gasteiger partial charge in [0.05, 0.1) is 5.56 Å². The molecule has 0 bridgehead atoms. The van der Waals surface area contributed by atoms with Gasteiger partial charge in [-0.1, -0.05) is 6.42 Å². The van der Waals surface area contributed by atoms with E-state index in [-0.39, 0.29) is 17.7 Å². The minimum atomic E-state index is -0.0863. The summed E-state index contributed by atoms with van der Waals surface area (Å²) in [5, 5.41) is 6.00. The third kappa shape index (κ3) is 5.47. The van der Waals surface area contributed by atoms with Crippen LogP contribution in [0.2, 0.25) is 0 Å². The molecular weight excluding hydrogens is 354 g/mol. The van der Waals surface area contributed by atoms with Gasteiger partial charge in [-0.2, -0.15) is 0 Å². The summed E-state index contributed by atoms with van der Waals surface area (Å²) in [7, 11) is 0. The largest absolute Gasteiger partial charge is 0.382 e. The van der Waals surface area contributed by atoms with Crippen LogP contribution in [0.4, 0.5) is 11.4 Å². The number of hydrogen-bond acceptors (Lipinski definition) is 4. The van der Waals surface area contributed by atoms with Gasteiger partial charge in [0.15, 0.2) is 0 Å². The summed E-state index contributed by atoms with van der Waals surface area (Å²) in [6.45, 7) is 5.82. The highest BCUT2D eigenvalue weighted by Crippen LogP contribution is 2.30. The number of hydrogen-bond donors (Lipinski definition) is 2. The van der Waals surface area contributed by atoms with Crippen LogP contribution in [0.1, 0.15) is 62.2 Å². The maximum atomic E-state index is 12.9. The molecule has 154 valence electrons. The standard InChI is InChI=1S/C22H33N3O3/c1-2-28-15-7-12-23-22(27)19-16-18(24-21(26)17-8-6-9-17)10-11-20(19)25-13-4-3-5-14-25/h10-11,16-17H,2-9,12-15H2,1H3,(H,23,27)(H,24,26). The lowest BCUT2D eigenvalue weighted by Gasteiger charge is -2.31. The molecule has 2 fully saturated rings. The van der Waals surface area contributed by atoms with Crippen molar-refractivity contribution in [3.05, 3.63) is 23.8 Å². The first-order valence-corrected chi connectivity index (χ1v) is 10.7. The van der Waals surface area contributed by atoms with Gasteiger partial charge in [0, 0.05) is 50.1 Å².